The van der Waals surface area contributed by atoms with Gasteiger partial charge in [0.1, 0.15) is 17.3 Å². The van der Waals surface area contributed by atoms with Gasteiger partial charge in [0.25, 0.3) is 0 Å². The molecule has 2 rings (SSSR count). The molecule has 1 saturated heterocycles. The van der Waals surface area contributed by atoms with Gasteiger partial charge in [-0.1, -0.05) is 13.8 Å². The predicted octanol–water partition coefficient (Wildman–Crippen LogP) is 2.46. The van der Waals surface area contributed by atoms with Gasteiger partial charge in [-0.15, -0.1) is 0 Å². The quantitative estimate of drug-likeness (QED) is 0.901. The number of nitrogens with zero attached hydrogens (tertiary/aromatic N) is 2. The van der Waals surface area contributed by atoms with Gasteiger partial charge in [-0.05, 0) is 30.7 Å². The van der Waals surface area contributed by atoms with Crippen LogP contribution in [-0.2, 0) is 6.54 Å². The minimum absolute atomic E-state index is 0.124. The van der Waals surface area contributed by atoms with Gasteiger partial charge in [-0.25, -0.2) is 8.78 Å². The highest BCUT2D eigenvalue weighted by atomic mass is 19.1. The zero-order valence-electron chi connectivity index (χ0n) is 13.1. The van der Waals surface area contributed by atoms with Crippen LogP contribution >= 0.6 is 0 Å². The van der Waals surface area contributed by atoms with E-state index >= 15 is 0 Å². The second kappa shape index (κ2) is 7.18. The van der Waals surface area contributed by atoms with Crippen LogP contribution in [-0.4, -0.2) is 44.7 Å². The van der Waals surface area contributed by atoms with Crippen molar-refractivity contribution in [3.8, 4) is 0 Å². The van der Waals surface area contributed by atoms with E-state index in [0.717, 1.165) is 19.6 Å². The van der Waals surface area contributed by atoms with Crippen LogP contribution in [0.4, 0.5) is 14.5 Å². The van der Waals surface area contributed by atoms with Crippen molar-refractivity contribution in [2.75, 3.05) is 44.7 Å². The number of halogens is 2. The van der Waals surface area contributed by atoms with Crippen LogP contribution < -0.4 is 10.2 Å². The van der Waals surface area contributed by atoms with Crippen molar-refractivity contribution in [3.63, 3.8) is 0 Å². The molecule has 118 valence electrons. The Labute approximate surface area is 125 Å². The zero-order chi connectivity index (χ0) is 15.4. The number of anilines is 1. The molecule has 1 aliphatic rings. The fourth-order valence-electron chi connectivity index (χ4n) is 2.90. The molecular weight excluding hydrogens is 272 g/mol. The smallest absolute Gasteiger partial charge is 0.149 e. The number of nitrogens with one attached hydrogen (secondary N) is 1. The molecule has 0 saturated carbocycles. The summed E-state index contributed by atoms with van der Waals surface area (Å²) in [4.78, 5) is 4.18. The molecule has 0 spiro atoms. The first-order valence-electron chi connectivity index (χ1n) is 7.61. The monoisotopic (exact) mass is 297 g/mol. The van der Waals surface area contributed by atoms with Crippen molar-refractivity contribution >= 4 is 5.69 Å². The van der Waals surface area contributed by atoms with Gasteiger partial charge in [0, 0.05) is 39.3 Å². The third-order valence-electron chi connectivity index (χ3n) is 3.77. The van der Waals surface area contributed by atoms with Crippen LogP contribution in [0.5, 0.6) is 0 Å². The van der Waals surface area contributed by atoms with Crippen LogP contribution in [0.15, 0.2) is 12.1 Å². The summed E-state index contributed by atoms with van der Waals surface area (Å²) in [6.45, 7) is 8.94. The lowest BCUT2D eigenvalue weighted by atomic mass is 10.1. The first kappa shape index (κ1) is 16.2. The van der Waals surface area contributed by atoms with E-state index in [2.05, 4.69) is 24.1 Å². The average Bonchev–Trinajstić information content (AvgIpc) is 2.39. The van der Waals surface area contributed by atoms with Crippen molar-refractivity contribution in [3.05, 3.63) is 29.3 Å². The number of rotatable bonds is 5. The molecule has 0 unspecified atom stereocenters. The van der Waals surface area contributed by atoms with Gasteiger partial charge >= 0.3 is 0 Å². The molecule has 0 aromatic heterocycles. The fourth-order valence-corrected chi connectivity index (χ4v) is 2.90. The van der Waals surface area contributed by atoms with Gasteiger partial charge in [-0.3, -0.25) is 4.90 Å². The van der Waals surface area contributed by atoms with Crippen molar-refractivity contribution in [1.29, 1.82) is 0 Å². The summed E-state index contributed by atoms with van der Waals surface area (Å²) >= 11 is 0. The molecular formula is C16H25F2N3. The summed E-state index contributed by atoms with van der Waals surface area (Å²) in [5.41, 5.74) is 0.758. The van der Waals surface area contributed by atoms with Gasteiger partial charge < -0.3 is 10.2 Å². The molecule has 0 atom stereocenters. The minimum atomic E-state index is -0.461. The van der Waals surface area contributed by atoms with Crippen LogP contribution in [0.25, 0.3) is 0 Å². The van der Waals surface area contributed by atoms with Gasteiger partial charge in [0.15, 0.2) is 0 Å². The normalized spacial score (nSPS) is 16.8. The van der Waals surface area contributed by atoms with Crippen LogP contribution in [0.2, 0.25) is 0 Å². The lowest BCUT2D eigenvalue weighted by molar-refractivity contribution is 0.230. The van der Waals surface area contributed by atoms with Crippen LogP contribution in [0.1, 0.15) is 19.4 Å². The van der Waals surface area contributed by atoms with E-state index in [9.17, 15) is 8.78 Å². The molecule has 3 nitrogen and oxygen atoms in total. The topological polar surface area (TPSA) is 18.5 Å². The number of hydrogen-bond donors (Lipinski definition) is 1. The Kier molecular flexibility index (Phi) is 5.53. The Bertz CT molecular complexity index is 446. The summed E-state index contributed by atoms with van der Waals surface area (Å²) in [5, 5.41) is 2.91. The largest absolute Gasteiger partial charge is 0.364 e. The molecule has 5 heteroatoms. The maximum atomic E-state index is 14.2. The van der Waals surface area contributed by atoms with Gasteiger partial charge in [-0.2, -0.15) is 0 Å². The average molecular weight is 297 g/mol. The summed E-state index contributed by atoms with van der Waals surface area (Å²) in [5.74, 6) is -0.305. The Morgan fingerprint density at radius 2 is 1.67 bits per heavy atom. The molecule has 0 amide bonds. The van der Waals surface area contributed by atoms with Gasteiger partial charge in [0.2, 0.25) is 0 Å². The summed E-state index contributed by atoms with van der Waals surface area (Å²) < 4.78 is 28.4. The number of hydrogen-bond acceptors (Lipinski definition) is 3. The third-order valence-corrected chi connectivity index (χ3v) is 3.77. The molecule has 0 radical (unpaired) electrons. The molecule has 0 bridgehead atoms. The molecule has 1 aromatic carbocycles. The first-order chi connectivity index (χ1) is 10.0. The second-order valence-corrected chi connectivity index (χ2v) is 6.12. The first-order valence-corrected chi connectivity index (χ1v) is 7.61. The van der Waals surface area contributed by atoms with E-state index < -0.39 is 11.6 Å². The zero-order valence-corrected chi connectivity index (χ0v) is 13.1. The highest BCUT2D eigenvalue weighted by molar-refractivity contribution is 5.51. The highest BCUT2D eigenvalue weighted by Gasteiger charge is 2.23. The Morgan fingerprint density at radius 1 is 1.10 bits per heavy atom. The van der Waals surface area contributed by atoms with E-state index in [0.29, 0.717) is 31.1 Å². The highest BCUT2D eigenvalue weighted by Crippen LogP contribution is 2.26. The van der Waals surface area contributed by atoms with Gasteiger partial charge in [0.05, 0.1) is 0 Å². The molecule has 1 N–H and O–H groups in total. The fraction of sp³-hybridized carbons (Fsp3) is 0.625. The van der Waals surface area contributed by atoms with E-state index in [4.69, 9.17) is 0 Å². The molecule has 1 fully saturated rings. The SMILES string of the molecule is CNCc1cc(F)c(N2CCN(CC(C)C)CC2)c(F)c1. The maximum absolute atomic E-state index is 14.2. The maximum Gasteiger partial charge on any atom is 0.149 e. The Hall–Kier alpha value is -1.20. The summed E-state index contributed by atoms with van der Waals surface area (Å²) in [6, 6.07) is 2.85. The predicted molar refractivity (Wildman–Crippen MR) is 82.6 cm³/mol. The molecule has 1 aromatic rings. The number of piperazine rings is 1. The van der Waals surface area contributed by atoms with Crippen molar-refractivity contribution in [1.82, 2.24) is 10.2 Å². The van der Waals surface area contributed by atoms with E-state index in [-0.39, 0.29) is 5.69 Å². The van der Waals surface area contributed by atoms with Crippen molar-refractivity contribution in [2.45, 2.75) is 20.4 Å². The third kappa shape index (κ3) is 4.14. The minimum Gasteiger partial charge on any atom is -0.364 e. The molecule has 1 aliphatic heterocycles. The van der Waals surface area contributed by atoms with Crippen molar-refractivity contribution in [2.24, 2.45) is 5.92 Å². The molecule has 0 aliphatic carbocycles. The lowest BCUT2D eigenvalue weighted by Gasteiger charge is -2.37. The lowest BCUT2D eigenvalue weighted by Crippen LogP contribution is -2.48. The standard InChI is InChI=1S/C16H25F2N3/c1-12(2)11-20-4-6-21(7-5-20)16-14(17)8-13(10-19-3)9-15(16)18/h8-9,12,19H,4-7,10-11H2,1-3H3. The van der Waals surface area contributed by atoms with Crippen molar-refractivity contribution < 1.29 is 8.78 Å². The van der Waals surface area contributed by atoms with Crippen LogP contribution in [0, 0.1) is 17.6 Å². The molecule has 21 heavy (non-hydrogen) atoms. The van der Waals surface area contributed by atoms with E-state index in [1.54, 1.807) is 7.05 Å². The Morgan fingerprint density at radius 3 is 2.14 bits per heavy atom. The summed E-state index contributed by atoms with van der Waals surface area (Å²) in [6.07, 6.45) is 0. The summed E-state index contributed by atoms with van der Waals surface area (Å²) in [7, 11) is 1.76. The van der Waals surface area contributed by atoms with E-state index in [1.165, 1.54) is 12.1 Å². The molecule has 1 heterocycles. The Balaban J connectivity index is 2.06. The van der Waals surface area contributed by atoms with Crippen LogP contribution in [0.3, 0.4) is 0 Å². The van der Waals surface area contributed by atoms with E-state index in [1.807, 2.05) is 4.90 Å². The second-order valence-electron chi connectivity index (χ2n) is 6.12. The number of benzene rings is 1.